The second-order valence-corrected chi connectivity index (χ2v) is 4.57. The quantitative estimate of drug-likeness (QED) is 0.939. The summed E-state index contributed by atoms with van der Waals surface area (Å²) in [5, 5.41) is 3.45. The molecule has 0 radical (unpaired) electrons. The molecule has 104 valence electrons. The van der Waals surface area contributed by atoms with Gasteiger partial charge in [0.05, 0.1) is 16.7 Å². The lowest BCUT2D eigenvalue weighted by Gasteiger charge is -2.07. The molecule has 0 unspecified atom stereocenters. The highest BCUT2D eigenvalue weighted by atomic mass is 35.5. The third-order valence-corrected chi connectivity index (χ3v) is 3.08. The van der Waals surface area contributed by atoms with Crippen LogP contribution < -0.4 is 10.1 Å². The minimum absolute atomic E-state index is 0.203. The van der Waals surface area contributed by atoms with Crippen LogP contribution in [0.4, 0.5) is 5.69 Å². The van der Waals surface area contributed by atoms with Crippen molar-refractivity contribution in [3.05, 3.63) is 46.3 Å². The predicted octanol–water partition coefficient (Wildman–Crippen LogP) is 3.43. The Morgan fingerprint density at radius 1 is 1.25 bits per heavy atom. The predicted molar refractivity (Wildman–Crippen MR) is 77.6 cm³/mol. The van der Waals surface area contributed by atoms with Gasteiger partial charge in [-0.3, -0.25) is 4.79 Å². The Morgan fingerprint density at radius 2 is 2.05 bits per heavy atom. The summed E-state index contributed by atoms with van der Waals surface area (Å²) in [5.41, 5.74) is 0.732. The molecule has 0 aliphatic heterocycles. The van der Waals surface area contributed by atoms with Gasteiger partial charge in [0.15, 0.2) is 0 Å². The summed E-state index contributed by atoms with van der Waals surface area (Å²) in [7, 11) is 0. The van der Waals surface area contributed by atoms with Crippen molar-refractivity contribution in [3.63, 3.8) is 0 Å². The number of anilines is 1. The van der Waals surface area contributed by atoms with E-state index in [2.05, 4.69) is 15.3 Å². The fourth-order valence-electron chi connectivity index (χ4n) is 1.46. The molecule has 1 heterocycles. The van der Waals surface area contributed by atoms with Crippen LogP contribution in [0.3, 0.4) is 0 Å². The molecule has 1 amide bonds. The minimum atomic E-state index is -0.383. The van der Waals surface area contributed by atoms with Crippen molar-refractivity contribution < 1.29 is 9.53 Å². The van der Waals surface area contributed by atoms with Crippen LogP contribution in [0.5, 0.6) is 5.88 Å². The van der Waals surface area contributed by atoms with Crippen LogP contribution in [0, 0.1) is 0 Å². The molecule has 0 spiro atoms. The Kier molecular flexibility index (Phi) is 4.76. The van der Waals surface area contributed by atoms with Gasteiger partial charge in [0.25, 0.3) is 5.91 Å². The van der Waals surface area contributed by atoms with E-state index in [4.69, 9.17) is 27.9 Å². The van der Waals surface area contributed by atoms with Gasteiger partial charge < -0.3 is 10.1 Å². The van der Waals surface area contributed by atoms with Gasteiger partial charge in [0.1, 0.15) is 12.0 Å². The normalized spacial score (nSPS) is 10.2. The Morgan fingerprint density at radius 3 is 2.75 bits per heavy atom. The molecule has 0 saturated carbocycles. The van der Waals surface area contributed by atoms with Crippen molar-refractivity contribution in [2.24, 2.45) is 0 Å². The van der Waals surface area contributed by atoms with Crippen molar-refractivity contribution in [1.82, 2.24) is 9.97 Å². The minimum Gasteiger partial charge on any atom is -0.478 e. The third-order valence-electron chi connectivity index (χ3n) is 2.34. The number of nitrogens with one attached hydrogen (secondary N) is 1. The van der Waals surface area contributed by atoms with Crippen molar-refractivity contribution in [3.8, 4) is 5.88 Å². The highest BCUT2D eigenvalue weighted by Crippen LogP contribution is 2.25. The van der Waals surface area contributed by atoms with E-state index in [1.807, 2.05) is 6.92 Å². The second kappa shape index (κ2) is 6.54. The number of aromatic nitrogens is 2. The lowest BCUT2D eigenvalue weighted by molar-refractivity contribution is 0.102. The molecule has 0 aliphatic carbocycles. The Balaban J connectivity index is 2.15. The monoisotopic (exact) mass is 311 g/mol. The maximum Gasteiger partial charge on any atom is 0.274 e. The molecule has 0 fully saturated rings. The van der Waals surface area contributed by atoms with E-state index >= 15 is 0 Å². The summed E-state index contributed by atoms with van der Waals surface area (Å²) in [6.45, 7) is 2.29. The highest BCUT2D eigenvalue weighted by Gasteiger charge is 2.10. The average molecular weight is 312 g/mol. The number of benzene rings is 1. The summed E-state index contributed by atoms with van der Waals surface area (Å²) < 4.78 is 5.21. The largest absolute Gasteiger partial charge is 0.478 e. The number of carbonyl (C=O) groups is 1. The van der Waals surface area contributed by atoms with Crippen LogP contribution in [0.25, 0.3) is 0 Å². The van der Waals surface area contributed by atoms with E-state index in [-0.39, 0.29) is 11.6 Å². The van der Waals surface area contributed by atoms with Gasteiger partial charge in [-0.1, -0.05) is 23.2 Å². The SMILES string of the molecule is CCOc1cc(C(=O)Nc2ccc(Cl)c(Cl)c2)ncn1. The molecule has 7 heteroatoms. The first-order valence-corrected chi connectivity index (χ1v) is 6.57. The molecule has 20 heavy (non-hydrogen) atoms. The topological polar surface area (TPSA) is 64.1 Å². The first kappa shape index (κ1) is 14.6. The van der Waals surface area contributed by atoms with Crippen LogP contribution in [0.15, 0.2) is 30.6 Å². The zero-order chi connectivity index (χ0) is 14.5. The Bertz CT molecular complexity index is 635. The molecule has 1 aromatic heterocycles. The number of amides is 1. The molecule has 2 rings (SSSR count). The molecular formula is C13H11Cl2N3O2. The van der Waals surface area contributed by atoms with Crippen molar-refractivity contribution in [2.75, 3.05) is 11.9 Å². The number of rotatable bonds is 4. The zero-order valence-electron chi connectivity index (χ0n) is 10.6. The van der Waals surface area contributed by atoms with E-state index < -0.39 is 0 Å². The van der Waals surface area contributed by atoms with Crippen LogP contribution in [0.1, 0.15) is 17.4 Å². The van der Waals surface area contributed by atoms with Crippen LogP contribution in [-0.4, -0.2) is 22.5 Å². The Labute approximate surface area is 125 Å². The van der Waals surface area contributed by atoms with Gasteiger partial charge in [0, 0.05) is 11.8 Å². The summed E-state index contributed by atoms with van der Waals surface area (Å²) in [6, 6.07) is 6.28. The second-order valence-electron chi connectivity index (χ2n) is 3.76. The number of ether oxygens (including phenoxy) is 1. The fourth-order valence-corrected chi connectivity index (χ4v) is 1.76. The molecule has 1 aromatic carbocycles. The van der Waals surface area contributed by atoms with Gasteiger partial charge in [-0.15, -0.1) is 0 Å². The lowest BCUT2D eigenvalue weighted by atomic mass is 10.3. The van der Waals surface area contributed by atoms with Gasteiger partial charge in [-0.25, -0.2) is 9.97 Å². The number of nitrogens with zero attached hydrogens (tertiary/aromatic N) is 2. The number of hydrogen-bond donors (Lipinski definition) is 1. The molecule has 0 atom stereocenters. The molecular weight excluding hydrogens is 301 g/mol. The fraction of sp³-hybridized carbons (Fsp3) is 0.154. The molecule has 0 bridgehead atoms. The molecule has 0 aliphatic rings. The van der Waals surface area contributed by atoms with Gasteiger partial charge >= 0.3 is 0 Å². The van der Waals surface area contributed by atoms with E-state index in [0.29, 0.717) is 28.2 Å². The molecule has 5 nitrogen and oxygen atoms in total. The molecule has 2 aromatic rings. The van der Waals surface area contributed by atoms with Gasteiger partial charge in [-0.05, 0) is 25.1 Å². The summed E-state index contributed by atoms with van der Waals surface area (Å²) in [6.07, 6.45) is 1.27. The number of carbonyl (C=O) groups excluding carboxylic acids is 1. The smallest absolute Gasteiger partial charge is 0.274 e. The van der Waals surface area contributed by atoms with Crippen LogP contribution in [-0.2, 0) is 0 Å². The third kappa shape index (κ3) is 3.59. The van der Waals surface area contributed by atoms with E-state index in [1.165, 1.54) is 12.4 Å². The molecule has 0 saturated heterocycles. The van der Waals surface area contributed by atoms with E-state index in [1.54, 1.807) is 18.2 Å². The standard InChI is InChI=1S/C13H11Cl2N3O2/c1-2-20-12-6-11(16-7-17-12)13(19)18-8-3-4-9(14)10(15)5-8/h3-7H,2H2,1H3,(H,18,19). The zero-order valence-corrected chi connectivity index (χ0v) is 12.1. The molecule has 1 N–H and O–H groups in total. The highest BCUT2D eigenvalue weighted by molar-refractivity contribution is 6.42. The van der Waals surface area contributed by atoms with Crippen molar-refractivity contribution >= 4 is 34.8 Å². The first-order chi connectivity index (χ1) is 9.60. The summed E-state index contributed by atoms with van der Waals surface area (Å²) in [4.78, 5) is 19.8. The Hall–Kier alpha value is -1.85. The average Bonchev–Trinajstić information content (AvgIpc) is 2.43. The summed E-state index contributed by atoms with van der Waals surface area (Å²) >= 11 is 11.7. The van der Waals surface area contributed by atoms with Crippen molar-refractivity contribution in [1.29, 1.82) is 0 Å². The van der Waals surface area contributed by atoms with Crippen LogP contribution in [0.2, 0.25) is 10.0 Å². The van der Waals surface area contributed by atoms with Crippen LogP contribution >= 0.6 is 23.2 Å². The maximum atomic E-state index is 12.0. The van der Waals surface area contributed by atoms with Gasteiger partial charge in [-0.2, -0.15) is 0 Å². The van der Waals surface area contributed by atoms with Gasteiger partial charge in [0.2, 0.25) is 5.88 Å². The van der Waals surface area contributed by atoms with E-state index in [0.717, 1.165) is 0 Å². The first-order valence-electron chi connectivity index (χ1n) is 5.81. The number of hydrogen-bond acceptors (Lipinski definition) is 4. The van der Waals surface area contributed by atoms with E-state index in [9.17, 15) is 4.79 Å². The maximum absolute atomic E-state index is 12.0. The number of halogens is 2. The lowest BCUT2D eigenvalue weighted by Crippen LogP contribution is -2.14. The van der Waals surface area contributed by atoms with Crippen molar-refractivity contribution in [2.45, 2.75) is 6.92 Å². The summed E-state index contributed by atoms with van der Waals surface area (Å²) in [5.74, 6) is -0.0338.